The average Bonchev–Trinajstić information content (AvgIpc) is 0.811. The summed E-state index contributed by atoms with van der Waals surface area (Å²) in [6.07, 6.45) is 0. The third-order valence-electron chi connectivity index (χ3n) is 0. The van der Waals surface area contributed by atoms with Gasteiger partial charge in [0.1, 0.15) is 0 Å². The molecule has 0 aromatic carbocycles. The van der Waals surface area contributed by atoms with Gasteiger partial charge >= 0.3 is 36.9 Å². The Kier molecular flexibility index (Phi) is 24.6. The zero-order valence-electron chi connectivity index (χ0n) is 4.50. The molecule has 0 rings (SSSR count). The van der Waals surface area contributed by atoms with Gasteiger partial charge in [0.05, 0.1) is 0 Å². The molecular formula is H4B2NaO3. The van der Waals surface area contributed by atoms with Crippen LogP contribution in [-0.4, -0.2) is 30.8 Å². The molecule has 0 aromatic heterocycles. The third-order valence-corrected chi connectivity index (χ3v) is 0. The first-order valence-corrected chi connectivity index (χ1v) is 0.775. The molecule has 0 aliphatic carbocycles. The van der Waals surface area contributed by atoms with Gasteiger partial charge in [-0.25, -0.2) is 0 Å². The van der Waals surface area contributed by atoms with Crippen LogP contribution in [0.25, 0.3) is 0 Å². The largest absolute Gasteiger partial charge is 1.00 e. The van der Waals surface area contributed by atoms with Crippen LogP contribution in [0.1, 0.15) is 1.43 Å². The van der Waals surface area contributed by atoms with Crippen LogP contribution in [-0.2, 0) is 0 Å². The van der Waals surface area contributed by atoms with E-state index in [9.17, 15) is 0 Å². The Morgan fingerprint density at radius 2 is 1.17 bits per heavy atom. The summed E-state index contributed by atoms with van der Waals surface area (Å²) in [5, 5.41) is 21.5. The first-order chi connectivity index (χ1) is 1.73. The molecule has 3 N–H and O–H groups in total. The summed E-state index contributed by atoms with van der Waals surface area (Å²) >= 11 is 0. The Hall–Kier alpha value is 1.01. The summed E-state index contributed by atoms with van der Waals surface area (Å²) in [6.45, 7) is 0. The maximum atomic E-state index is 7.17. The van der Waals surface area contributed by atoms with Gasteiger partial charge < -0.3 is 16.5 Å². The summed E-state index contributed by atoms with van der Waals surface area (Å²) in [4.78, 5) is 0. The van der Waals surface area contributed by atoms with Crippen molar-refractivity contribution < 1.29 is 46.1 Å². The molecule has 0 atom stereocenters. The molecule has 3 radical (unpaired) electrons. The van der Waals surface area contributed by atoms with Crippen LogP contribution in [0.15, 0.2) is 0 Å². The van der Waals surface area contributed by atoms with E-state index in [2.05, 4.69) is 0 Å². The van der Waals surface area contributed by atoms with Crippen LogP contribution in [0.5, 0.6) is 0 Å². The minimum absolute atomic E-state index is 0. The molecule has 29 valence electrons. The van der Waals surface area contributed by atoms with Crippen molar-refractivity contribution in [3.63, 3.8) is 0 Å². The molecule has 0 bridgehead atoms. The van der Waals surface area contributed by atoms with Crippen LogP contribution in [0.4, 0.5) is 0 Å². The molecule has 0 unspecified atom stereocenters. The van der Waals surface area contributed by atoms with E-state index >= 15 is 0 Å². The molecule has 0 saturated carbocycles. The Labute approximate surface area is 61.9 Å². The predicted octanol–water partition coefficient (Wildman–Crippen LogP) is -5.32. The van der Waals surface area contributed by atoms with E-state index in [4.69, 9.17) is 15.1 Å². The molecule has 0 aliphatic heterocycles. The van der Waals surface area contributed by atoms with Gasteiger partial charge in [-0.1, -0.05) is 0 Å². The van der Waals surface area contributed by atoms with Crippen LogP contribution in [0.3, 0.4) is 0 Å². The smallest absolute Gasteiger partial charge is 1.00 e. The second-order valence-corrected chi connectivity index (χ2v) is 0.346. The maximum absolute atomic E-state index is 7.17. The van der Waals surface area contributed by atoms with Crippen molar-refractivity contribution in [3.05, 3.63) is 0 Å². The van der Waals surface area contributed by atoms with Gasteiger partial charge in [0, 0.05) is 8.41 Å². The standard InChI is InChI=1S/BH3O3.B.Na.H/c2-1(3)4;;;/h2-4H;;;/q;;+1;-1. The minimum Gasteiger partial charge on any atom is -1.00 e. The molecule has 0 heterocycles. The Morgan fingerprint density at radius 3 is 1.17 bits per heavy atom. The normalized spacial score (nSPS) is 4.50. The first-order valence-electron chi connectivity index (χ1n) is 0.775. The zero-order valence-corrected chi connectivity index (χ0v) is 5.50. The van der Waals surface area contributed by atoms with Gasteiger partial charge in [-0.05, 0) is 0 Å². The first kappa shape index (κ1) is 15.7. The molecular weight excluding hydrogens is 92.6 g/mol. The van der Waals surface area contributed by atoms with Crippen molar-refractivity contribution in [2.24, 2.45) is 0 Å². The summed E-state index contributed by atoms with van der Waals surface area (Å²) in [7, 11) is -2.17. The van der Waals surface area contributed by atoms with Crippen molar-refractivity contribution >= 4 is 15.7 Å². The molecule has 0 aromatic rings. The molecule has 6 heavy (non-hydrogen) atoms. The van der Waals surface area contributed by atoms with E-state index in [0.29, 0.717) is 0 Å². The molecule has 0 spiro atoms. The maximum Gasteiger partial charge on any atom is 1.00 e. The SMILES string of the molecule is OB(O)O.[B].[H-].[Na+]. The van der Waals surface area contributed by atoms with E-state index in [1.807, 2.05) is 0 Å². The van der Waals surface area contributed by atoms with E-state index in [1.54, 1.807) is 0 Å². The quantitative estimate of drug-likeness (QED) is 0.264. The van der Waals surface area contributed by atoms with Crippen LogP contribution >= 0.6 is 0 Å². The molecule has 6 heteroatoms. The fourth-order valence-electron chi connectivity index (χ4n) is 0. The van der Waals surface area contributed by atoms with Crippen molar-refractivity contribution in [2.75, 3.05) is 0 Å². The van der Waals surface area contributed by atoms with Crippen LogP contribution in [0, 0.1) is 0 Å². The van der Waals surface area contributed by atoms with Crippen molar-refractivity contribution in [2.45, 2.75) is 0 Å². The molecule has 3 nitrogen and oxygen atoms in total. The van der Waals surface area contributed by atoms with Gasteiger partial charge in [-0.2, -0.15) is 0 Å². The summed E-state index contributed by atoms with van der Waals surface area (Å²) < 4.78 is 0. The molecule has 0 saturated heterocycles. The molecule has 0 aliphatic rings. The van der Waals surface area contributed by atoms with Gasteiger partial charge in [0.15, 0.2) is 0 Å². The van der Waals surface area contributed by atoms with Crippen LogP contribution in [0.2, 0.25) is 0 Å². The van der Waals surface area contributed by atoms with Gasteiger partial charge in [-0.15, -0.1) is 0 Å². The topological polar surface area (TPSA) is 60.7 Å². The predicted molar refractivity (Wildman–Crippen MR) is 19.3 cm³/mol. The molecule has 0 amide bonds. The van der Waals surface area contributed by atoms with E-state index in [1.165, 1.54) is 0 Å². The van der Waals surface area contributed by atoms with Gasteiger partial charge in [-0.3, -0.25) is 0 Å². The monoisotopic (exact) mass is 97.0 g/mol. The Morgan fingerprint density at radius 1 is 1.17 bits per heavy atom. The summed E-state index contributed by atoms with van der Waals surface area (Å²) in [6, 6.07) is 0. The second kappa shape index (κ2) is 9.38. The summed E-state index contributed by atoms with van der Waals surface area (Å²) in [5.41, 5.74) is 0. The molecule has 0 fully saturated rings. The fourth-order valence-corrected chi connectivity index (χ4v) is 0. The average molecular weight is 96.6 g/mol. The Bertz CT molecular complexity index is 17.7. The van der Waals surface area contributed by atoms with Gasteiger partial charge in [0.2, 0.25) is 0 Å². The minimum atomic E-state index is -2.17. The second-order valence-electron chi connectivity index (χ2n) is 0.346. The Balaban J connectivity index is -0.0000000150. The van der Waals surface area contributed by atoms with Crippen LogP contribution < -0.4 is 29.6 Å². The number of rotatable bonds is 0. The van der Waals surface area contributed by atoms with E-state index < -0.39 is 7.32 Å². The number of hydrogen-bond acceptors (Lipinski definition) is 3. The summed E-state index contributed by atoms with van der Waals surface area (Å²) in [5.74, 6) is 0. The third kappa shape index (κ3) is 79.0. The van der Waals surface area contributed by atoms with Crippen molar-refractivity contribution in [1.29, 1.82) is 0 Å². The van der Waals surface area contributed by atoms with Crippen molar-refractivity contribution in [3.8, 4) is 0 Å². The van der Waals surface area contributed by atoms with E-state index in [0.717, 1.165) is 0 Å². The van der Waals surface area contributed by atoms with E-state index in [-0.39, 0.29) is 39.4 Å². The van der Waals surface area contributed by atoms with Gasteiger partial charge in [0.25, 0.3) is 0 Å². The van der Waals surface area contributed by atoms with Crippen molar-refractivity contribution in [1.82, 2.24) is 0 Å². The zero-order chi connectivity index (χ0) is 3.58. The number of hydrogen-bond donors (Lipinski definition) is 3. The fraction of sp³-hybridized carbons (Fsp3) is 0.